The van der Waals surface area contributed by atoms with Crippen LogP contribution in [-0.2, 0) is 24.2 Å². The highest BCUT2D eigenvalue weighted by molar-refractivity contribution is 7.10. The molecule has 0 radical (unpaired) electrons. The van der Waals surface area contributed by atoms with Gasteiger partial charge in [-0.15, -0.1) is 11.3 Å². The van der Waals surface area contributed by atoms with Crippen LogP contribution < -0.4 is 0 Å². The summed E-state index contributed by atoms with van der Waals surface area (Å²) in [5, 5.41) is 13.0. The van der Waals surface area contributed by atoms with E-state index in [0.717, 1.165) is 6.42 Å². The van der Waals surface area contributed by atoms with Gasteiger partial charge in [-0.05, 0) is 23.4 Å². The van der Waals surface area contributed by atoms with Crippen molar-refractivity contribution in [3.8, 4) is 0 Å². The van der Waals surface area contributed by atoms with Crippen molar-refractivity contribution in [3.05, 3.63) is 61.8 Å². The molecule has 0 unspecified atom stereocenters. The highest BCUT2D eigenvalue weighted by Crippen LogP contribution is 2.25. The number of carbonyl (C=O) groups is 1. The van der Waals surface area contributed by atoms with Crippen molar-refractivity contribution in [2.75, 3.05) is 6.54 Å². The van der Waals surface area contributed by atoms with Gasteiger partial charge in [0.15, 0.2) is 0 Å². The highest BCUT2D eigenvalue weighted by Gasteiger charge is 2.23. The summed E-state index contributed by atoms with van der Waals surface area (Å²) in [6.45, 7) is 1.30. The number of nitro groups is 1. The molecule has 0 N–H and O–H groups in total. The first kappa shape index (κ1) is 13.8. The average molecular weight is 302 g/mol. The van der Waals surface area contributed by atoms with Crippen molar-refractivity contribution in [3.63, 3.8) is 0 Å². The Balaban J connectivity index is 1.75. The number of para-hydroxylation sites is 1. The van der Waals surface area contributed by atoms with Gasteiger partial charge in [-0.3, -0.25) is 14.9 Å². The quantitative estimate of drug-likeness (QED) is 0.647. The van der Waals surface area contributed by atoms with Gasteiger partial charge in [0, 0.05) is 29.6 Å². The number of hydrogen-bond donors (Lipinski definition) is 0. The molecule has 0 atom stereocenters. The lowest BCUT2D eigenvalue weighted by molar-refractivity contribution is -0.385. The van der Waals surface area contributed by atoms with Crippen molar-refractivity contribution in [2.24, 2.45) is 0 Å². The molecule has 1 aromatic heterocycles. The second-order valence-electron chi connectivity index (χ2n) is 5.00. The lowest BCUT2D eigenvalue weighted by Gasteiger charge is -2.27. The van der Waals surface area contributed by atoms with Crippen molar-refractivity contribution < 1.29 is 9.72 Å². The van der Waals surface area contributed by atoms with Gasteiger partial charge in [-0.25, -0.2) is 0 Å². The number of amides is 1. The first-order chi connectivity index (χ1) is 10.1. The number of rotatable bonds is 3. The van der Waals surface area contributed by atoms with Crippen LogP contribution in [0.2, 0.25) is 0 Å². The van der Waals surface area contributed by atoms with Crippen LogP contribution >= 0.6 is 11.3 Å². The molecule has 0 spiro atoms. The van der Waals surface area contributed by atoms with Gasteiger partial charge in [-0.1, -0.05) is 18.2 Å². The van der Waals surface area contributed by atoms with Gasteiger partial charge in [0.2, 0.25) is 5.91 Å². The second kappa shape index (κ2) is 5.65. The summed E-state index contributed by atoms with van der Waals surface area (Å²) in [7, 11) is 0. The number of thiophene rings is 1. The molecule has 108 valence electrons. The number of carbonyl (C=O) groups excluding carboxylic acids is 1. The third kappa shape index (κ3) is 2.80. The van der Waals surface area contributed by atoms with Crippen LogP contribution in [0.15, 0.2) is 35.7 Å². The Hall–Kier alpha value is -2.21. The number of hydrogen-bond acceptors (Lipinski definition) is 4. The summed E-state index contributed by atoms with van der Waals surface area (Å²) in [4.78, 5) is 26.1. The molecule has 1 aliphatic rings. The fraction of sp³-hybridized carbons (Fsp3) is 0.267. The molecule has 5 nitrogen and oxygen atoms in total. The fourth-order valence-corrected chi connectivity index (χ4v) is 3.46. The third-order valence-electron chi connectivity index (χ3n) is 3.69. The zero-order chi connectivity index (χ0) is 14.8. The molecule has 0 aliphatic carbocycles. The largest absolute Gasteiger partial charge is 0.338 e. The first-order valence-electron chi connectivity index (χ1n) is 6.70. The predicted octanol–water partition coefficient (Wildman–Crippen LogP) is 2.78. The summed E-state index contributed by atoms with van der Waals surface area (Å²) in [6, 6.07) is 8.48. The monoisotopic (exact) mass is 302 g/mol. The van der Waals surface area contributed by atoms with E-state index in [1.54, 1.807) is 34.4 Å². The molecule has 3 rings (SSSR count). The lowest BCUT2D eigenvalue weighted by Crippen LogP contribution is -2.36. The summed E-state index contributed by atoms with van der Waals surface area (Å²) >= 11 is 1.72. The molecular formula is C15H14N2O3S. The highest BCUT2D eigenvalue weighted by atomic mass is 32.1. The van der Waals surface area contributed by atoms with Crippen LogP contribution in [0.5, 0.6) is 0 Å². The lowest BCUT2D eigenvalue weighted by atomic mass is 10.1. The van der Waals surface area contributed by atoms with Crippen LogP contribution in [0.4, 0.5) is 5.69 Å². The Labute approximate surface area is 126 Å². The van der Waals surface area contributed by atoms with Gasteiger partial charge in [-0.2, -0.15) is 0 Å². The van der Waals surface area contributed by atoms with E-state index in [9.17, 15) is 14.9 Å². The number of nitrogens with zero attached hydrogens (tertiary/aromatic N) is 2. The molecule has 1 amide bonds. The minimum atomic E-state index is -0.435. The van der Waals surface area contributed by atoms with Crippen molar-refractivity contribution in [2.45, 2.75) is 19.4 Å². The normalized spacial score (nSPS) is 13.8. The Morgan fingerprint density at radius 3 is 2.95 bits per heavy atom. The van der Waals surface area contributed by atoms with Crippen LogP contribution in [0.1, 0.15) is 16.0 Å². The smallest absolute Gasteiger partial charge is 0.273 e. The molecule has 1 aromatic carbocycles. The molecule has 0 saturated heterocycles. The topological polar surface area (TPSA) is 63.4 Å². The summed E-state index contributed by atoms with van der Waals surface area (Å²) in [5.74, 6) is -0.0545. The van der Waals surface area contributed by atoms with E-state index < -0.39 is 4.92 Å². The van der Waals surface area contributed by atoms with E-state index >= 15 is 0 Å². The van der Waals surface area contributed by atoms with Crippen molar-refractivity contribution in [1.82, 2.24) is 4.90 Å². The molecule has 2 heterocycles. The van der Waals surface area contributed by atoms with E-state index in [4.69, 9.17) is 0 Å². The molecule has 21 heavy (non-hydrogen) atoms. The summed E-state index contributed by atoms with van der Waals surface area (Å²) in [6.07, 6.45) is 0.951. The van der Waals surface area contributed by atoms with Crippen LogP contribution in [0.25, 0.3) is 0 Å². The van der Waals surface area contributed by atoms with E-state index in [1.165, 1.54) is 16.5 Å². The second-order valence-corrected chi connectivity index (χ2v) is 6.00. The number of nitro benzene ring substituents is 1. The third-order valence-corrected chi connectivity index (χ3v) is 4.71. The Kier molecular flexibility index (Phi) is 3.70. The van der Waals surface area contributed by atoms with E-state index in [1.807, 2.05) is 11.4 Å². The molecule has 0 saturated carbocycles. The molecule has 6 heteroatoms. The fourth-order valence-electron chi connectivity index (χ4n) is 2.57. The summed E-state index contributed by atoms with van der Waals surface area (Å²) < 4.78 is 0. The van der Waals surface area contributed by atoms with Gasteiger partial charge < -0.3 is 4.90 Å². The molecule has 0 bridgehead atoms. The minimum absolute atomic E-state index is 0.0130. The molecular weight excluding hydrogens is 288 g/mol. The van der Waals surface area contributed by atoms with E-state index in [-0.39, 0.29) is 18.0 Å². The Morgan fingerprint density at radius 1 is 1.33 bits per heavy atom. The maximum Gasteiger partial charge on any atom is 0.273 e. The maximum absolute atomic E-state index is 12.4. The van der Waals surface area contributed by atoms with Crippen LogP contribution in [0, 0.1) is 10.1 Å². The molecule has 2 aromatic rings. The van der Waals surface area contributed by atoms with Crippen LogP contribution in [0.3, 0.4) is 0 Å². The van der Waals surface area contributed by atoms with Crippen molar-refractivity contribution in [1.29, 1.82) is 0 Å². The van der Waals surface area contributed by atoms with Crippen molar-refractivity contribution >= 4 is 22.9 Å². The predicted molar refractivity (Wildman–Crippen MR) is 80.2 cm³/mol. The van der Waals surface area contributed by atoms with E-state index in [2.05, 4.69) is 0 Å². The zero-order valence-corrected chi connectivity index (χ0v) is 12.1. The Bertz CT molecular complexity index is 696. The van der Waals surface area contributed by atoms with Gasteiger partial charge in [0.1, 0.15) is 0 Å². The molecule has 0 fully saturated rings. The van der Waals surface area contributed by atoms with Gasteiger partial charge >= 0.3 is 0 Å². The minimum Gasteiger partial charge on any atom is -0.338 e. The van der Waals surface area contributed by atoms with E-state index in [0.29, 0.717) is 18.7 Å². The first-order valence-corrected chi connectivity index (χ1v) is 7.58. The number of fused-ring (bicyclic) bond motifs is 1. The standard InChI is InChI=1S/C15H14N2O3S/c18-15(9-11-3-1-2-4-13(11)17(19)20)16-7-5-14-12(10-16)6-8-21-14/h1-4,6,8H,5,7,9-10H2. The zero-order valence-electron chi connectivity index (χ0n) is 11.3. The molecule has 1 aliphatic heterocycles. The summed E-state index contributed by atoms with van der Waals surface area (Å²) in [5.41, 5.74) is 1.69. The average Bonchev–Trinajstić information content (AvgIpc) is 2.94. The van der Waals surface area contributed by atoms with Gasteiger partial charge in [0.25, 0.3) is 5.69 Å². The SMILES string of the molecule is O=C(Cc1ccccc1[N+](=O)[O-])N1CCc2sccc2C1. The maximum atomic E-state index is 12.4. The number of benzene rings is 1. The van der Waals surface area contributed by atoms with Crippen LogP contribution in [-0.4, -0.2) is 22.3 Å². The Morgan fingerprint density at radius 2 is 2.14 bits per heavy atom. The van der Waals surface area contributed by atoms with Gasteiger partial charge in [0.05, 0.1) is 11.3 Å².